The molecule has 0 atom stereocenters. The number of fused-ring (bicyclic) bond motifs is 2. The lowest BCUT2D eigenvalue weighted by atomic mass is 9.73. The topological polar surface area (TPSA) is 46.2 Å². The molecule has 0 aromatic heterocycles. The minimum atomic E-state index is -0.300. The number of hydrogen-bond donors (Lipinski definition) is 2. The van der Waals surface area contributed by atoms with Gasteiger partial charge in [-0.25, -0.2) is 4.21 Å². The van der Waals surface area contributed by atoms with Gasteiger partial charge in [0.2, 0.25) is 5.91 Å². The Morgan fingerprint density at radius 3 is 2.25 bits per heavy atom. The Kier molecular flexibility index (Phi) is 2.32. The van der Waals surface area contributed by atoms with Crippen molar-refractivity contribution in [2.24, 2.45) is 0 Å². The fraction of sp³-hybridized carbons (Fsp3) is 0.417. The van der Waals surface area contributed by atoms with Crippen LogP contribution in [-0.2, 0) is 48.8 Å². The Labute approximate surface area is 97.9 Å². The van der Waals surface area contributed by atoms with E-state index < -0.39 is 0 Å². The summed E-state index contributed by atoms with van der Waals surface area (Å²) in [6.45, 7) is 0. The van der Waals surface area contributed by atoms with E-state index in [0.29, 0.717) is 6.42 Å². The van der Waals surface area contributed by atoms with E-state index in [0.717, 1.165) is 25.7 Å². The van der Waals surface area contributed by atoms with Gasteiger partial charge in [0.25, 0.3) is 0 Å². The zero-order valence-corrected chi connectivity index (χ0v) is 9.77. The molecule has 0 bridgehead atoms. The number of thiol groups is 1. The lowest BCUT2D eigenvalue weighted by Gasteiger charge is -2.32. The molecule has 2 aliphatic carbocycles. The maximum Gasteiger partial charge on any atom is 0.235 e. The van der Waals surface area contributed by atoms with Crippen molar-refractivity contribution in [2.45, 2.75) is 32.1 Å². The molecule has 0 unspecified atom stereocenters. The molecule has 1 amide bonds. The van der Waals surface area contributed by atoms with Gasteiger partial charge in [-0.05, 0) is 53.5 Å². The summed E-state index contributed by atoms with van der Waals surface area (Å²) in [5, 5.41) is 0. The van der Waals surface area contributed by atoms with Crippen LogP contribution in [0.15, 0.2) is 6.07 Å². The second kappa shape index (κ2) is 3.70. The molecular formula is C12H13NO2S. The maximum absolute atomic E-state index is 11.5. The molecule has 0 spiro atoms. The molecule has 0 saturated heterocycles. The number of carbonyl (C=O) groups excluding carboxylic acids is 1. The van der Waals surface area contributed by atoms with Crippen LogP contribution >= 0.6 is 0 Å². The van der Waals surface area contributed by atoms with Crippen LogP contribution in [-0.4, -0.2) is 10.1 Å². The van der Waals surface area contributed by atoms with Gasteiger partial charge >= 0.3 is 0 Å². The molecule has 1 aromatic rings. The van der Waals surface area contributed by atoms with Crippen molar-refractivity contribution in [3.05, 3.63) is 33.9 Å². The fourth-order valence-electron chi connectivity index (χ4n) is 2.65. The molecule has 2 aliphatic rings. The van der Waals surface area contributed by atoms with E-state index in [1.165, 1.54) is 27.8 Å². The molecule has 1 N–H and O–H groups in total. The maximum atomic E-state index is 11.5. The minimum Gasteiger partial charge on any atom is -0.277 e. The quantitative estimate of drug-likeness (QED) is 0.745. The predicted molar refractivity (Wildman–Crippen MR) is 62.6 cm³/mol. The van der Waals surface area contributed by atoms with Crippen molar-refractivity contribution >= 4 is 17.8 Å². The summed E-state index contributed by atoms with van der Waals surface area (Å²) < 4.78 is 12.6. The molecular weight excluding hydrogens is 222 g/mol. The van der Waals surface area contributed by atoms with E-state index in [1.807, 2.05) is 0 Å². The van der Waals surface area contributed by atoms with Gasteiger partial charge in [0.1, 0.15) is 11.9 Å². The first-order valence-electron chi connectivity index (χ1n) is 5.56. The third-order valence-corrected chi connectivity index (χ3v) is 3.99. The highest BCUT2D eigenvalue weighted by atomic mass is 32.2. The Balaban J connectivity index is 1.94. The SMILES string of the molecule is O=[SH]NC(=O)Cc1c2c(cc3c1CC3)CC2. The van der Waals surface area contributed by atoms with Crippen LogP contribution in [0.4, 0.5) is 0 Å². The third kappa shape index (κ3) is 1.40. The van der Waals surface area contributed by atoms with Crippen molar-refractivity contribution in [2.75, 3.05) is 0 Å². The lowest BCUT2D eigenvalue weighted by Crippen LogP contribution is -2.27. The van der Waals surface area contributed by atoms with Gasteiger partial charge in [-0.2, -0.15) is 0 Å². The van der Waals surface area contributed by atoms with E-state index in [2.05, 4.69) is 10.8 Å². The van der Waals surface area contributed by atoms with Crippen LogP contribution in [0.2, 0.25) is 0 Å². The number of nitrogens with one attached hydrogen (secondary N) is 1. The van der Waals surface area contributed by atoms with E-state index in [4.69, 9.17) is 0 Å². The summed E-state index contributed by atoms with van der Waals surface area (Å²) in [5.74, 6) is -0.147. The molecule has 0 radical (unpaired) electrons. The summed E-state index contributed by atoms with van der Waals surface area (Å²) in [5.41, 5.74) is 6.79. The molecule has 1 aromatic carbocycles. The zero-order chi connectivity index (χ0) is 11.1. The highest BCUT2D eigenvalue weighted by Gasteiger charge is 2.27. The first-order chi connectivity index (χ1) is 7.79. The third-order valence-electron chi connectivity index (χ3n) is 3.65. The van der Waals surface area contributed by atoms with Gasteiger partial charge in [-0.1, -0.05) is 6.07 Å². The summed E-state index contributed by atoms with van der Waals surface area (Å²) in [6.07, 6.45) is 4.88. The van der Waals surface area contributed by atoms with Crippen molar-refractivity contribution in [3.8, 4) is 0 Å². The number of carbonyl (C=O) groups is 1. The number of hydrogen-bond acceptors (Lipinski definition) is 2. The van der Waals surface area contributed by atoms with Crippen LogP contribution in [0.5, 0.6) is 0 Å². The van der Waals surface area contributed by atoms with Gasteiger partial charge in [-0.3, -0.25) is 9.52 Å². The molecule has 0 aliphatic heterocycles. The second-order valence-corrected chi connectivity index (χ2v) is 4.84. The Morgan fingerprint density at radius 1 is 1.19 bits per heavy atom. The van der Waals surface area contributed by atoms with Gasteiger partial charge in [0.05, 0.1) is 6.42 Å². The normalized spacial score (nSPS) is 15.5. The monoisotopic (exact) mass is 235 g/mol. The van der Waals surface area contributed by atoms with Crippen LogP contribution < -0.4 is 4.72 Å². The van der Waals surface area contributed by atoms with E-state index >= 15 is 0 Å². The van der Waals surface area contributed by atoms with Crippen molar-refractivity contribution in [3.63, 3.8) is 0 Å². The molecule has 3 nitrogen and oxygen atoms in total. The highest BCUT2D eigenvalue weighted by Crippen LogP contribution is 2.37. The predicted octanol–water partition coefficient (Wildman–Crippen LogP) is 0.403. The van der Waals surface area contributed by atoms with Gasteiger partial charge < -0.3 is 0 Å². The molecule has 0 saturated carbocycles. The smallest absolute Gasteiger partial charge is 0.235 e. The van der Waals surface area contributed by atoms with Gasteiger partial charge in [0, 0.05) is 0 Å². The van der Waals surface area contributed by atoms with Crippen LogP contribution in [0.1, 0.15) is 27.8 Å². The average molecular weight is 235 g/mol. The van der Waals surface area contributed by atoms with Crippen molar-refractivity contribution in [1.82, 2.24) is 4.72 Å². The van der Waals surface area contributed by atoms with Crippen molar-refractivity contribution < 1.29 is 9.00 Å². The van der Waals surface area contributed by atoms with E-state index in [1.54, 1.807) is 0 Å². The second-order valence-electron chi connectivity index (χ2n) is 4.43. The summed E-state index contributed by atoms with van der Waals surface area (Å²) >= 11 is -0.300. The fourth-order valence-corrected chi connectivity index (χ4v) is 2.83. The molecule has 84 valence electrons. The molecule has 3 rings (SSSR count). The summed E-state index contributed by atoms with van der Waals surface area (Å²) in [4.78, 5) is 11.5. The summed E-state index contributed by atoms with van der Waals surface area (Å²) in [6, 6.07) is 2.30. The zero-order valence-electron chi connectivity index (χ0n) is 8.88. The Bertz CT molecular complexity index is 466. The largest absolute Gasteiger partial charge is 0.277 e. The van der Waals surface area contributed by atoms with Crippen molar-refractivity contribution in [1.29, 1.82) is 0 Å². The lowest BCUT2D eigenvalue weighted by molar-refractivity contribution is -0.118. The van der Waals surface area contributed by atoms with Crippen LogP contribution in [0, 0.1) is 0 Å². The number of aryl methyl sites for hydroxylation is 2. The van der Waals surface area contributed by atoms with Gasteiger partial charge in [-0.15, -0.1) is 0 Å². The number of rotatable bonds is 3. The summed E-state index contributed by atoms with van der Waals surface area (Å²) in [7, 11) is 0. The first kappa shape index (κ1) is 10.0. The first-order valence-corrected chi connectivity index (χ1v) is 6.37. The molecule has 4 heteroatoms. The number of benzene rings is 1. The highest BCUT2D eigenvalue weighted by molar-refractivity contribution is 7.64. The van der Waals surface area contributed by atoms with Gasteiger partial charge in [0.15, 0.2) is 0 Å². The van der Waals surface area contributed by atoms with E-state index in [-0.39, 0.29) is 17.8 Å². The minimum absolute atomic E-state index is 0.147. The standard InChI is InChI=1S/C12H13NO2S/c14-12(13-16-15)6-11-9-3-1-7(9)5-8-2-4-10(8)11/h5,16H,1-4,6H2,(H,13,14,15). The Morgan fingerprint density at radius 2 is 1.81 bits per heavy atom. The van der Waals surface area contributed by atoms with E-state index in [9.17, 15) is 9.00 Å². The Hall–Kier alpha value is -1.16. The molecule has 0 heterocycles. The van der Waals surface area contributed by atoms with Crippen LogP contribution in [0.25, 0.3) is 0 Å². The van der Waals surface area contributed by atoms with Crippen LogP contribution in [0.3, 0.4) is 0 Å². The number of amides is 1. The molecule has 0 fully saturated rings. The average Bonchev–Trinajstić information content (AvgIpc) is 2.13. The molecule has 16 heavy (non-hydrogen) atoms.